The summed E-state index contributed by atoms with van der Waals surface area (Å²) in [6.45, 7) is 0. The third kappa shape index (κ3) is 2.61. The first kappa shape index (κ1) is 14.4. The van der Waals surface area contributed by atoms with E-state index in [9.17, 15) is 9.59 Å². The van der Waals surface area contributed by atoms with Gasteiger partial charge in [-0.05, 0) is 30.3 Å². The average Bonchev–Trinajstić information content (AvgIpc) is 2.86. The number of fused-ring (bicyclic) bond motifs is 1. The summed E-state index contributed by atoms with van der Waals surface area (Å²) in [7, 11) is 1.84. The zero-order valence-electron chi connectivity index (χ0n) is 11.8. The van der Waals surface area contributed by atoms with Gasteiger partial charge in [0.15, 0.2) is 0 Å². The van der Waals surface area contributed by atoms with Gasteiger partial charge in [-0.25, -0.2) is 0 Å². The minimum absolute atomic E-state index is 0.393. The number of carbonyl (C=O) groups excluding carboxylic acids is 2. The van der Waals surface area contributed by atoms with Crippen molar-refractivity contribution < 1.29 is 9.59 Å². The summed E-state index contributed by atoms with van der Waals surface area (Å²) < 4.78 is 1.83. The van der Waals surface area contributed by atoms with Crippen molar-refractivity contribution in [1.29, 1.82) is 0 Å². The summed E-state index contributed by atoms with van der Waals surface area (Å²) in [5.74, 6) is -1.23. The molecule has 3 rings (SSSR count). The molecular weight excluding hydrogens is 300 g/mol. The number of rotatable bonds is 3. The summed E-state index contributed by atoms with van der Waals surface area (Å²) in [5, 5.41) is 3.92. The van der Waals surface area contributed by atoms with Crippen LogP contribution < -0.4 is 5.32 Å². The maximum atomic E-state index is 12.4. The number of Topliss-reactive ketones (excluding diaryl/α,β-unsaturated/α-hetero) is 1. The van der Waals surface area contributed by atoms with Crippen LogP contribution in [0, 0.1) is 0 Å². The molecule has 1 aromatic heterocycles. The first-order chi connectivity index (χ1) is 10.6. The van der Waals surface area contributed by atoms with Gasteiger partial charge in [-0.2, -0.15) is 0 Å². The highest BCUT2D eigenvalue weighted by Gasteiger charge is 2.20. The zero-order chi connectivity index (χ0) is 15.7. The molecule has 22 heavy (non-hydrogen) atoms. The molecule has 0 atom stereocenters. The Balaban J connectivity index is 1.89. The van der Waals surface area contributed by atoms with Gasteiger partial charge in [0.05, 0.1) is 5.56 Å². The molecule has 1 amide bonds. The molecule has 0 fully saturated rings. The molecule has 0 bridgehead atoms. The van der Waals surface area contributed by atoms with E-state index in [1.54, 1.807) is 30.5 Å². The van der Waals surface area contributed by atoms with E-state index in [2.05, 4.69) is 5.32 Å². The lowest BCUT2D eigenvalue weighted by Crippen LogP contribution is -2.22. The van der Waals surface area contributed by atoms with Crippen molar-refractivity contribution in [2.45, 2.75) is 0 Å². The summed E-state index contributed by atoms with van der Waals surface area (Å²) >= 11 is 5.79. The van der Waals surface area contributed by atoms with Gasteiger partial charge in [-0.3, -0.25) is 9.59 Å². The minimum atomic E-state index is -0.668. The second kappa shape index (κ2) is 5.66. The zero-order valence-corrected chi connectivity index (χ0v) is 12.6. The van der Waals surface area contributed by atoms with Crippen LogP contribution in [0.1, 0.15) is 10.4 Å². The first-order valence-corrected chi connectivity index (χ1v) is 7.09. The predicted molar refractivity (Wildman–Crippen MR) is 87.3 cm³/mol. The molecule has 3 aromatic rings. The maximum absolute atomic E-state index is 12.4. The van der Waals surface area contributed by atoms with Gasteiger partial charge >= 0.3 is 0 Å². The number of nitrogens with one attached hydrogen (secondary N) is 1. The fourth-order valence-corrected chi connectivity index (χ4v) is 2.49. The van der Waals surface area contributed by atoms with Crippen LogP contribution in [0.4, 0.5) is 5.69 Å². The van der Waals surface area contributed by atoms with E-state index in [4.69, 9.17) is 11.6 Å². The highest BCUT2D eigenvalue weighted by atomic mass is 35.5. The lowest BCUT2D eigenvalue weighted by atomic mass is 10.1. The topological polar surface area (TPSA) is 51.1 Å². The Morgan fingerprint density at radius 2 is 1.73 bits per heavy atom. The third-order valence-corrected chi connectivity index (χ3v) is 3.70. The summed E-state index contributed by atoms with van der Waals surface area (Å²) in [5.41, 5.74) is 1.83. The molecule has 0 spiro atoms. The van der Waals surface area contributed by atoms with Gasteiger partial charge in [0.2, 0.25) is 0 Å². The quantitative estimate of drug-likeness (QED) is 0.593. The highest BCUT2D eigenvalue weighted by molar-refractivity contribution is 6.48. The van der Waals surface area contributed by atoms with Crippen molar-refractivity contribution >= 4 is 39.9 Å². The van der Waals surface area contributed by atoms with Crippen LogP contribution >= 0.6 is 11.6 Å². The molecule has 4 nitrogen and oxygen atoms in total. The van der Waals surface area contributed by atoms with Crippen molar-refractivity contribution in [1.82, 2.24) is 4.57 Å². The van der Waals surface area contributed by atoms with E-state index in [0.717, 1.165) is 10.9 Å². The van der Waals surface area contributed by atoms with E-state index in [1.807, 2.05) is 35.9 Å². The van der Waals surface area contributed by atoms with Crippen LogP contribution in [0.2, 0.25) is 5.02 Å². The SMILES string of the molecule is Cn1cc(C(=O)C(=O)Nc2ccc(Cl)cc2)c2ccccc21. The van der Waals surface area contributed by atoms with Crippen LogP contribution in [0.15, 0.2) is 54.7 Å². The second-order valence-corrected chi connectivity index (χ2v) is 5.40. The van der Waals surface area contributed by atoms with Gasteiger partial charge in [0.25, 0.3) is 11.7 Å². The molecule has 0 radical (unpaired) electrons. The van der Waals surface area contributed by atoms with Gasteiger partial charge in [-0.1, -0.05) is 29.8 Å². The maximum Gasteiger partial charge on any atom is 0.296 e. The Kier molecular flexibility index (Phi) is 3.69. The van der Waals surface area contributed by atoms with E-state index in [0.29, 0.717) is 16.3 Å². The average molecular weight is 313 g/mol. The molecule has 2 aromatic carbocycles. The van der Waals surface area contributed by atoms with Gasteiger partial charge < -0.3 is 9.88 Å². The van der Waals surface area contributed by atoms with Crippen molar-refractivity contribution in [3.8, 4) is 0 Å². The van der Waals surface area contributed by atoms with Crippen LogP contribution in [0.3, 0.4) is 0 Å². The predicted octanol–water partition coefficient (Wildman–Crippen LogP) is 3.65. The highest BCUT2D eigenvalue weighted by Crippen LogP contribution is 2.21. The number of aryl methyl sites for hydroxylation is 1. The van der Waals surface area contributed by atoms with Gasteiger partial charge in [0.1, 0.15) is 0 Å². The first-order valence-electron chi connectivity index (χ1n) is 6.71. The van der Waals surface area contributed by atoms with Crippen LogP contribution in [0.5, 0.6) is 0 Å². The molecular formula is C17H13ClN2O2. The lowest BCUT2D eigenvalue weighted by Gasteiger charge is -2.04. The molecule has 1 heterocycles. The number of aromatic nitrogens is 1. The smallest absolute Gasteiger partial charge is 0.296 e. The lowest BCUT2D eigenvalue weighted by molar-refractivity contribution is -0.112. The number of anilines is 1. The number of benzene rings is 2. The van der Waals surface area contributed by atoms with E-state index in [-0.39, 0.29) is 0 Å². The summed E-state index contributed by atoms with van der Waals surface area (Å²) in [6, 6.07) is 14.1. The fourth-order valence-electron chi connectivity index (χ4n) is 2.37. The van der Waals surface area contributed by atoms with Crippen molar-refractivity contribution in [2.75, 3.05) is 5.32 Å². The molecule has 0 aliphatic carbocycles. The molecule has 1 N–H and O–H groups in total. The molecule has 0 saturated heterocycles. The Morgan fingerprint density at radius 1 is 1.05 bits per heavy atom. The van der Waals surface area contributed by atoms with E-state index >= 15 is 0 Å². The molecule has 0 aliphatic heterocycles. The van der Waals surface area contributed by atoms with E-state index in [1.165, 1.54) is 0 Å². The number of para-hydroxylation sites is 1. The standard InChI is InChI=1S/C17H13ClN2O2/c1-20-10-14(13-4-2-3-5-15(13)20)16(21)17(22)19-12-8-6-11(18)7-9-12/h2-10H,1H3,(H,19,22). The second-order valence-electron chi connectivity index (χ2n) is 4.96. The van der Waals surface area contributed by atoms with Crippen molar-refractivity contribution in [3.63, 3.8) is 0 Å². The normalized spacial score (nSPS) is 10.6. The van der Waals surface area contributed by atoms with E-state index < -0.39 is 11.7 Å². The van der Waals surface area contributed by atoms with Crippen molar-refractivity contribution in [2.24, 2.45) is 7.05 Å². The third-order valence-electron chi connectivity index (χ3n) is 3.45. The molecule has 0 saturated carbocycles. The van der Waals surface area contributed by atoms with Gasteiger partial charge in [-0.15, -0.1) is 0 Å². The Hall–Kier alpha value is -2.59. The summed E-state index contributed by atoms with van der Waals surface area (Å²) in [4.78, 5) is 24.5. The number of carbonyl (C=O) groups is 2. The fraction of sp³-hybridized carbons (Fsp3) is 0.0588. The largest absolute Gasteiger partial charge is 0.350 e. The van der Waals surface area contributed by atoms with Crippen LogP contribution in [0.25, 0.3) is 10.9 Å². The number of hydrogen-bond acceptors (Lipinski definition) is 2. The van der Waals surface area contributed by atoms with Crippen LogP contribution in [-0.2, 0) is 11.8 Å². The molecule has 0 unspecified atom stereocenters. The number of hydrogen-bond donors (Lipinski definition) is 1. The molecule has 0 aliphatic rings. The monoisotopic (exact) mass is 312 g/mol. The van der Waals surface area contributed by atoms with Crippen LogP contribution in [-0.4, -0.2) is 16.3 Å². The Bertz CT molecular complexity index is 866. The van der Waals surface area contributed by atoms with Gasteiger partial charge in [0, 0.05) is 34.9 Å². The number of amides is 1. The number of nitrogens with zero attached hydrogens (tertiary/aromatic N) is 1. The van der Waals surface area contributed by atoms with Crippen molar-refractivity contribution in [3.05, 3.63) is 65.3 Å². The Labute approximate surface area is 132 Å². The minimum Gasteiger partial charge on any atom is -0.350 e. The molecule has 110 valence electrons. The number of ketones is 1. The summed E-state index contributed by atoms with van der Waals surface area (Å²) in [6.07, 6.45) is 1.68. The Morgan fingerprint density at radius 3 is 2.45 bits per heavy atom. The number of halogens is 1. The molecule has 5 heteroatoms.